The summed E-state index contributed by atoms with van der Waals surface area (Å²) >= 11 is 0. The Hall–Kier alpha value is -3.11. The third-order valence-corrected chi connectivity index (χ3v) is 2.63. The van der Waals surface area contributed by atoms with Crippen LogP contribution in [0.15, 0.2) is 0 Å². The van der Waals surface area contributed by atoms with E-state index in [-0.39, 0.29) is 12.3 Å². The summed E-state index contributed by atoms with van der Waals surface area (Å²) < 4.78 is 0. The van der Waals surface area contributed by atoms with Crippen LogP contribution >= 0.6 is 0 Å². The van der Waals surface area contributed by atoms with Crippen LogP contribution in [0.5, 0.6) is 0 Å². The van der Waals surface area contributed by atoms with E-state index in [0.29, 0.717) is 6.42 Å². The Labute approximate surface area is 148 Å². The number of carboxylic acids is 4. The summed E-state index contributed by atoms with van der Waals surface area (Å²) in [6.45, 7) is 4.90. The van der Waals surface area contributed by atoms with Crippen molar-refractivity contribution in [2.45, 2.75) is 46.5 Å². The molecule has 0 aromatic carbocycles. The van der Waals surface area contributed by atoms with Crippen LogP contribution in [0.3, 0.4) is 0 Å². The van der Waals surface area contributed by atoms with Crippen LogP contribution < -0.4 is 0 Å². The zero-order valence-corrected chi connectivity index (χ0v) is 14.6. The lowest BCUT2D eigenvalue weighted by Gasteiger charge is -1.99. The molecule has 0 saturated heterocycles. The predicted molar refractivity (Wildman–Crippen MR) is 84.5 cm³/mol. The van der Waals surface area contributed by atoms with Crippen molar-refractivity contribution in [3.8, 4) is 0 Å². The fourth-order valence-corrected chi connectivity index (χ4v) is 0.875. The first-order valence-corrected chi connectivity index (χ1v) is 7.32. The molecule has 0 aromatic rings. The van der Waals surface area contributed by atoms with Crippen LogP contribution in [0.4, 0.5) is 0 Å². The van der Waals surface area contributed by atoms with Gasteiger partial charge in [-0.05, 0) is 6.42 Å². The fraction of sp³-hybridized carbons (Fsp3) is 0.533. The minimum Gasteiger partial charge on any atom is -0.481 e. The highest BCUT2D eigenvalue weighted by Gasteiger charge is 2.17. The van der Waals surface area contributed by atoms with Gasteiger partial charge >= 0.3 is 23.9 Å². The van der Waals surface area contributed by atoms with Crippen LogP contribution in [0.1, 0.15) is 46.5 Å². The van der Waals surface area contributed by atoms with E-state index in [4.69, 9.17) is 20.4 Å². The van der Waals surface area contributed by atoms with E-state index in [1.807, 2.05) is 0 Å². The van der Waals surface area contributed by atoms with Crippen molar-refractivity contribution in [1.82, 2.24) is 0 Å². The van der Waals surface area contributed by atoms with Crippen LogP contribution in [-0.2, 0) is 33.6 Å². The van der Waals surface area contributed by atoms with Gasteiger partial charge < -0.3 is 20.4 Å². The average molecular weight is 378 g/mol. The predicted octanol–water partition coefficient (Wildman–Crippen LogP) is 0.241. The Kier molecular flexibility index (Phi) is 16.4. The highest BCUT2D eigenvalue weighted by molar-refractivity contribution is 6.33. The number of hydrogen-bond acceptors (Lipinski definition) is 7. The summed E-state index contributed by atoms with van der Waals surface area (Å²) in [6, 6.07) is 0. The van der Waals surface area contributed by atoms with Gasteiger partial charge in [-0.25, -0.2) is 14.4 Å². The van der Waals surface area contributed by atoms with Gasteiger partial charge in [-0.2, -0.15) is 0 Å². The Morgan fingerprint density at radius 3 is 1.27 bits per heavy atom. The molecule has 0 aliphatic carbocycles. The van der Waals surface area contributed by atoms with E-state index < -0.39 is 54.1 Å². The second-order valence-electron chi connectivity index (χ2n) is 4.68. The second kappa shape index (κ2) is 15.4. The highest BCUT2D eigenvalue weighted by Crippen LogP contribution is 2.00. The number of carbonyl (C=O) groups is 7. The van der Waals surface area contributed by atoms with Crippen molar-refractivity contribution in [3.05, 3.63) is 0 Å². The first-order chi connectivity index (χ1) is 11.8. The van der Waals surface area contributed by atoms with Gasteiger partial charge in [-0.3, -0.25) is 19.2 Å². The van der Waals surface area contributed by atoms with E-state index in [0.717, 1.165) is 0 Å². The Balaban J connectivity index is -0.000000310. The molecule has 0 heterocycles. The van der Waals surface area contributed by atoms with Crippen LogP contribution in [0.2, 0.25) is 0 Å². The normalized spacial score (nSPS) is 9.96. The van der Waals surface area contributed by atoms with Crippen LogP contribution in [0, 0.1) is 5.92 Å². The lowest BCUT2D eigenvalue weighted by molar-refractivity contribution is -0.150. The van der Waals surface area contributed by atoms with Crippen LogP contribution in [0.25, 0.3) is 0 Å². The molecule has 11 heteroatoms. The number of ketones is 3. The zero-order valence-electron chi connectivity index (χ0n) is 14.6. The number of carbonyl (C=O) groups excluding carboxylic acids is 3. The molecule has 0 spiro atoms. The maximum atomic E-state index is 10.5. The first-order valence-electron chi connectivity index (χ1n) is 7.32. The molecular formula is C15H22O11. The van der Waals surface area contributed by atoms with Crippen molar-refractivity contribution in [2.75, 3.05) is 0 Å². The molecule has 1 atom stereocenters. The number of rotatable bonds is 9. The molecule has 0 saturated carbocycles. The number of hydrogen-bond donors (Lipinski definition) is 4. The largest absolute Gasteiger partial charge is 0.481 e. The van der Waals surface area contributed by atoms with Crippen molar-refractivity contribution < 1.29 is 54.0 Å². The standard InChI is InChI=1S/C6H10O3.C5H6O5.C4H6O3/c1-3-4(2)5(7)6(8)9;6-3(5(9)10)1-2-4(7)8;1-2-3(5)4(6)7/h4H,3H2,1-2H3,(H,8,9);1-2H2,(H,7,8)(H,9,10);2H2,1H3,(H,6,7). The Bertz CT molecular complexity index is 548. The summed E-state index contributed by atoms with van der Waals surface area (Å²) in [7, 11) is 0. The summed E-state index contributed by atoms with van der Waals surface area (Å²) in [6.07, 6.45) is -0.198. The molecule has 26 heavy (non-hydrogen) atoms. The first kappa shape index (κ1) is 27.7. The lowest BCUT2D eigenvalue weighted by atomic mass is 10.0. The number of aliphatic carboxylic acids is 4. The molecule has 0 amide bonds. The molecule has 0 rings (SSSR count). The summed E-state index contributed by atoms with van der Waals surface area (Å²) in [5, 5.41) is 31.9. The quantitative estimate of drug-likeness (QED) is 0.400. The minimum atomic E-state index is -1.58. The highest BCUT2D eigenvalue weighted by atomic mass is 16.4. The average Bonchev–Trinajstić information content (AvgIpc) is 2.57. The Morgan fingerprint density at radius 2 is 1.12 bits per heavy atom. The SMILES string of the molecule is CCC(=O)C(=O)O.CCC(C)C(=O)C(=O)O.O=C(O)CCC(=O)C(=O)O. The monoisotopic (exact) mass is 378 g/mol. The smallest absolute Gasteiger partial charge is 0.372 e. The molecule has 4 N–H and O–H groups in total. The number of Topliss-reactive ketones (excluding diaryl/α,β-unsaturated/α-hetero) is 3. The summed E-state index contributed by atoms with van der Waals surface area (Å²) in [5.74, 6) is -8.27. The molecule has 0 radical (unpaired) electrons. The van der Waals surface area contributed by atoms with E-state index in [1.165, 1.54) is 6.92 Å². The zero-order chi connectivity index (χ0) is 21.4. The van der Waals surface area contributed by atoms with Crippen molar-refractivity contribution in [1.29, 1.82) is 0 Å². The summed E-state index contributed by atoms with van der Waals surface area (Å²) in [5.41, 5.74) is 0. The molecular weight excluding hydrogens is 356 g/mol. The molecule has 148 valence electrons. The molecule has 0 bridgehead atoms. The topological polar surface area (TPSA) is 200 Å². The minimum absolute atomic E-state index is 0.0787. The second-order valence-corrected chi connectivity index (χ2v) is 4.68. The van der Waals surface area contributed by atoms with E-state index >= 15 is 0 Å². The molecule has 0 aliphatic heterocycles. The third kappa shape index (κ3) is 17.2. The Morgan fingerprint density at radius 1 is 0.692 bits per heavy atom. The van der Waals surface area contributed by atoms with Gasteiger partial charge in [0, 0.05) is 18.8 Å². The van der Waals surface area contributed by atoms with Gasteiger partial charge in [0.15, 0.2) is 0 Å². The molecule has 0 fully saturated rings. The lowest BCUT2D eigenvalue weighted by Crippen LogP contribution is -2.19. The fourth-order valence-electron chi connectivity index (χ4n) is 0.875. The number of carboxylic acid groups (broad SMARTS) is 4. The molecule has 1 unspecified atom stereocenters. The maximum absolute atomic E-state index is 10.5. The molecule has 0 aliphatic rings. The molecule has 11 nitrogen and oxygen atoms in total. The van der Waals surface area contributed by atoms with Gasteiger partial charge in [-0.1, -0.05) is 20.8 Å². The van der Waals surface area contributed by atoms with Gasteiger partial charge in [0.25, 0.3) is 0 Å². The van der Waals surface area contributed by atoms with Crippen LogP contribution in [-0.4, -0.2) is 61.7 Å². The van der Waals surface area contributed by atoms with Gasteiger partial charge in [0.1, 0.15) is 0 Å². The van der Waals surface area contributed by atoms with E-state index in [1.54, 1.807) is 13.8 Å². The van der Waals surface area contributed by atoms with Crippen molar-refractivity contribution in [2.24, 2.45) is 5.92 Å². The van der Waals surface area contributed by atoms with Crippen molar-refractivity contribution >= 4 is 41.2 Å². The maximum Gasteiger partial charge on any atom is 0.372 e. The van der Waals surface area contributed by atoms with Gasteiger partial charge in [0.2, 0.25) is 17.3 Å². The third-order valence-electron chi connectivity index (χ3n) is 2.63. The van der Waals surface area contributed by atoms with Gasteiger partial charge in [0.05, 0.1) is 6.42 Å². The van der Waals surface area contributed by atoms with E-state index in [2.05, 4.69) is 0 Å². The molecule has 0 aromatic heterocycles. The van der Waals surface area contributed by atoms with E-state index in [9.17, 15) is 33.6 Å². The summed E-state index contributed by atoms with van der Waals surface area (Å²) in [4.78, 5) is 69.7. The van der Waals surface area contributed by atoms with Crippen molar-refractivity contribution in [3.63, 3.8) is 0 Å². The van der Waals surface area contributed by atoms with Gasteiger partial charge in [-0.15, -0.1) is 0 Å².